The number of hydrogen-bond donors (Lipinski definition) is 3. The van der Waals surface area contributed by atoms with Crippen molar-refractivity contribution in [2.24, 2.45) is 5.92 Å². The van der Waals surface area contributed by atoms with Crippen molar-refractivity contribution in [3.05, 3.63) is 53.5 Å². The van der Waals surface area contributed by atoms with E-state index in [1.807, 2.05) is 0 Å². The molecule has 1 aromatic carbocycles. The molecule has 1 saturated carbocycles. The summed E-state index contributed by atoms with van der Waals surface area (Å²) in [5.41, 5.74) is 1.29. The highest BCUT2D eigenvalue weighted by atomic mass is 19.1. The quantitative estimate of drug-likeness (QED) is 0.431. The molecule has 2 heterocycles. The Balaban J connectivity index is 1.38. The number of carboxylic acid groups (broad SMARTS) is 1. The van der Waals surface area contributed by atoms with Gasteiger partial charge in [0.05, 0.1) is 7.11 Å². The minimum absolute atomic E-state index is 0.00343. The highest BCUT2D eigenvalue weighted by Crippen LogP contribution is 2.26. The highest BCUT2D eigenvalue weighted by Gasteiger charge is 2.23. The number of nitrogens with zero attached hydrogens (tertiary/aromatic N) is 5. The fourth-order valence-electron chi connectivity index (χ4n) is 4.31. The Bertz CT molecular complexity index is 1240. The van der Waals surface area contributed by atoms with Crippen LogP contribution in [0, 0.1) is 18.7 Å². The number of ether oxygens (including phenoxy) is 1. The summed E-state index contributed by atoms with van der Waals surface area (Å²) >= 11 is 0. The summed E-state index contributed by atoms with van der Waals surface area (Å²) in [4.78, 5) is 36.5. The van der Waals surface area contributed by atoms with Gasteiger partial charge < -0.3 is 20.5 Å². The van der Waals surface area contributed by atoms with Crippen molar-refractivity contribution in [3.8, 4) is 17.3 Å². The molecule has 3 aromatic rings. The van der Waals surface area contributed by atoms with Crippen LogP contribution in [-0.2, 0) is 13.1 Å². The number of carbonyl (C=O) groups excluding carboxylic acids is 1. The Hall–Kier alpha value is -4.09. The van der Waals surface area contributed by atoms with Crippen LogP contribution < -0.4 is 15.4 Å². The SMILES string of the molecule is COc1cc(CNC(=O)c2cc(-c3ncn(C[C@H]4CC[C@H](NC(=O)O)CC4)n3)nc(C)n2)ccc1F. The van der Waals surface area contributed by atoms with E-state index in [2.05, 4.69) is 30.7 Å². The zero-order valence-corrected chi connectivity index (χ0v) is 20.1. The van der Waals surface area contributed by atoms with Crippen molar-refractivity contribution in [3.63, 3.8) is 0 Å². The van der Waals surface area contributed by atoms with Gasteiger partial charge in [0.25, 0.3) is 5.91 Å². The number of amides is 2. The number of aryl methyl sites for hydroxylation is 1. The Morgan fingerprint density at radius 1 is 1.19 bits per heavy atom. The molecule has 0 bridgehead atoms. The van der Waals surface area contributed by atoms with E-state index in [0.29, 0.717) is 35.4 Å². The normalized spacial score (nSPS) is 17.4. The number of methoxy groups -OCH3 is 1. The van der Waals surface area contributed by atoms with Crippen molar-refractivity contribution in [1.29, 1.82) is 0 Å². The van der Waals surface area contributed by atoms with E-state index in [0.717, 1.165) is 25.7 Å². The van der Waals surface area contributed by atoms with Crippen LogP contribution >= 0.6 is 0 Å². The van der Waals surface area contributed by atoms with Gasteiger partial charge >= 0.3 is 6.09 Å². The van der Waals surface area contributed by atoms with E-state index in [9.17, 15) is 14.0 Å². The molecular formula is C24H28FN7O4. The predicted octanol–water partition coefficient (Wildman–Crippen LogP) is 2.95. The van der Waals surface area contributed by atoms with Gasteiger partial charge in [-0.25, -0.2) is 24.1 Å². The number of rotatable bonds is 8. The van der Waals surface area contributed by atoms with E-state index in [1.165, 1.54) is 25.3 Å². The number of nitrogens with one attached hydrogen (secondary N) is 2. The summed E-state index contributed by atoms with van der Waals surface area (Å²) in [6.45, 7) is 2.53. The molecule has 11 nitrogen and oxygen atoms in total. The number of aromatic nitrogens is 5. The Kier molecular flexibility index (Phi) is 7.71. The standard InChI is InChI=1S/C24H28FN7O4/c1-14-28-19(10-20(29-14)23(33)26-11-16-5-8-18(25)21(9-16)36-2)22-27-13-32(31-22)12-15-3-6-17(7-4-15)30-24(34)35/h5,8-10,13,15,17,30H,3-4,6-7,11-12H2,1-2H3,(H,26,33)(H,34,35)/t15-,17-. The molecule has 3 N–H and O–H groups in total. The lowest BCUT2D eigenvalue weighted by molar-refractivity contribution is 0.0945. The van der Waals surface area contributed by atoms with Gasteiger partial charge in [0.1, 0.15) is 23.5 Å². The van der Waals surface area contributed by atoms with Gasteiger partial charge in [-0.1, -0.05) is 6.07 Å². The van der Waals surface area contributed by atoms with Crippen LogP contribution in [0.4, 0.5) is 9.18 Å². The van der Waals surface area contributed by atoms with Crippen LogP contribution in [0.15, 0.2) is 30.6 Å². The molecule has 0 aliphatic heterocycles. The molecule has 0 radical (unpaired) electrons. The fraction of sp³-hybridized carbons (Fsp3) is 0.417. The second-order valence-electron chi connectivity index (χ2n) is 8.79. The summed E-state index contributed by atoms with van der Waals surface area (Å²) in [5.74, 6) is 0.397. The van der Waals surface area contributed by atoms with Crippen LogP contribution in [-0.4, -0.2) is 55.0 Å². The minimum atomic E-state index is -0.983. The lowest BCUT2D eigenvalue weighted by Gasteiger charge is -2.28. The van der Waals surface area contributed by atoms with Crippen LogP contribution in [0.5, 0.6) is 5.75 Å². The monoisotopic (exact) mass is 497 g/mol. The Labute approximate surface area is 207 Å². The maximum atomic E-state index is 13.6. The van der Waals surface area contributed by atoms with Gasteiger partial charge in [-0.05, 0) is 62.3 Å². The molecule has 0 unspecified atom stereocenters. The third-order valence-electron chi connectivity index (χ3n) is 6.12. The van der Waals surface area contributed by atoms with Crippen LogP contribution in [0.2, 0.25) is 0 Å². The zero-order valence-electron chi connectivity index (χ0n) is 20.1. The molecule has 4 rings (SSSR count). The summed E-state index contributed by atoms with van der Waals surface area (Å²) in [7, 11) is 1.38. The number of carbonyl (C=O) groups is 2. The van der Waals surface area contributed by atoms with Crippen molar-refractivity contribution >= 4 is 12.0 Å². The molecular weight excluding hydrogens is 469 g/mol. The molecule has 1 fully saturated rings. The van der Waals surface area contributed by atoms with Crippen LogP contribution in [0.3, 0.4) is 0 Å². The summed E-state index contributed by atoms with van der Waals surface area (Å²) in [6, 6.07) is 5.92. The topological polar surface area (TPSA) is 144 Å². The molecule has 36 heavy (non-hydrogen) atoms. The zero-order chi connectivity index (χ0) is 25.7. The molecule has 12 heteroatoms. The third kappa shape index (κ3) is 6.32. The fourth-order valence-corrected chi connectivity index (χ4v) is 4.31. The second kappa shape index (κ2) is 11.1. The first-order valence-corrected chi connectivity index (χ1v) is 11.7. The Morgan fingerprint density at radius 2 is 1.97 bits per heavy atom. The molecule has 1 aliphatic carbocycles. The van der Waals surface area contributed by atoms with Gasteiger partial charge in [-0.3, -0.25) is 9.48 Å². The van der Waals surface area contributed by atoms with Gasteiger partial charge in [0.2, 0.25) is 0 Å². The highest BCUT2D eigenvalue weighted by molar-refractivity contribution is 5.93. The predicted molar refractivity (Wildman–Crippen MR) is 127 cm³/mol. The van der Waals surface area contributed by atoms with E-state index >= 15 is 0 Å². The van der Waals surface area contributed by atoms with Crippen LogP contribution in [0.25, 0.3) is 11.5 Å². The lowest BCUT2D eigenvalue weighted by Crippen LogP contribution is -2.37. The third-order valence-corrected chi connectivity index (χ3v) is 6.12. The first-order valence-electron chi connectivity index (χ1n) is 11.7. The van der Waals surface area contributed by atoms with Crippen LogP contribution in [0.1, 0.15) is 47.6 Å². The van der Waals surface area contributed by atoms with E-state index < -0.39 is 17.8 Å². The van der Waals surface area contributed by atoms with Crippen molar-refractivity contribution in [1.82, 2.24) is 35.4 Å². The molecule has 0 atom stereocenters. The molecule has 0 spiro atoms. The molecule has 1 aliphatic rings. The average Bonchev–Trinajstić information content (AvgIpc) is 3.32. The minimum Gasteiger partial charge on any atom is -0.494 e. The first kappa shape index (κ1) is 25.0. The maximum Gasteiger partial charge on any atom is 0.404 e. The first-order chi connectivity index (χ1) is 17.3. The number of benzene rings is 1. The molecule has 2 amide bonds. The smallest absolute Gasteiger partial charge is 0.404 e. The van der Waals surface area contributed by atoms with E-state index in [1.54, 1.807) is 24.0 Å². The van der Waals surface area contributed by atoms with Gasteiger partial charge in [-0.2, -0.15) is 0 Å². The largest absolute Gasteiger partial charge is 0.494 e. The van der Waals surface area contributed by atoms with Gasteiger partial charge in [0, 0.05) is 19.1 Å². The van der Waals surface area contributed by atoms with Gasteiger partial charge in [0.15, 0.2) is 17.4 Å². The summed E-state index contributed by atoms with van der Waals surface area (Å²) < 4.78 is 20.3. The molecule has 2 aromatic heterocycles. The Morgan fingerprint density at radius 3 is 2.69 bits per heavy atom. The number of halogens is 1. The lowest BCUT2D eigenvalue weighted by atomic mass is 9.86. The van der Waals surface area contributed by atoms with Gasteiger partial charge in [-0.15, -0.1) is 5.10 Å². The average molecular weight is 498 g/mol. The van der Waals surface area contributed by atoms with Crippen molar-refractivity contribution in [2.75, 3.05) is 7.11 Å². The van der Waals surface area contributed by atoms with E-state index in [4.69, 9.17) is 9.84 Å². The maximum absolute atomic E-state index is 13.6. The number of hydrogen-bond acceptors (Lipinski definition) is 7. The molecule has 0 saturated heterocycles. The van der Waals surface area contributed by atoms with E-state index in [-0.39, 0.29) is 24.0 Å². The van der Waals surface area contributed by atoms with Crippen molar-refractivity contribution < 1.29 is 23.8 Å². The summed E-state index contributed by atoms with van der Waals surface area (Å²) in [5, 5.41) is 18.7. The second-order valence-corrected chi connectivity index (χ2v) is 8.79. The van der Waals surface area contributed by atoms with Crippen molar-refractivity contribution in [2.45, 2.75) is 51.7 Å². The summed E-state index contributed by atoms with van der Waals surface area (Å²) in [6.07, 6.45) is 4.05. The molecule has 190 valence electrons.